The predicted octanol–water partition coefficient (Wildman–Crippen LogP) is 4.43. The van der Waals surface area contributed by atoms with E-state index in [0.29, 0.717) is 52.8 Å². The van der Waals surface area contributed by atoms with E-state index in [-0.39, 0.29) is 23.0 Å². The maximum absolute atomic E-state index is 13.2. The zero-order valence-electron chi connectivity index (χ0n) is 18.7. The minimum Gasteiger partial charge on any atom is -0.382 e. The lowest BCUT2D eigenvalue weighted by molar-refractivity contribution is -0.113. The minimum atomic E-state index is -0.232. The summed E-state index contributed by atoms with van der Waals surface area (Å²) in [6, 6.07) is 6.82. The van der Waals surface area contributed by atoms with Crippen LogP contribution in [0.1, 0.15) is 41.1 Å². The zero-order valence-corrected chi connectivity index (χ0v) is 20.3. The molecule has 2 heterocycles. The SMILES string of the molecule is CCOCCCn1c(SCC(=O)Nc2cccc(C(C)=O)c2)nc2sc(C)c(C)c2c1=O. The number of carbonyl (C=O) groups is 2. The Balaban J connectivity index is 1.80. The Morgan fingerprint density at radius 2 is 2.06 bits per heavy atom. The number of ketones is 1. The Morgan fingerprint density at radius 1 is 1.28 bits per heavy atom. The molecule has 1 aromatic carbocycles. The third-order valence-corrected chi connectivity index (χ3v) is 7.09. The number of thiophene rings is 1. The fraction of sp³-hybridized carbons (Fsp3) is 0.391. The van der Waals surface area contributed by atoms with Gasteiger partial charge in [-0.05, 0) is 51.8 Å². The first kappa shape index (κ1) is 24.2. The molecule has 0 atom stereocenters. The largest absolute Gasteiger partial charge is 0.382 e. The van der Waals surface area contributed by atoms with E-state index in [1.54, 1.807) is 28.8 Å². The van der Waals surface area contributed by atoms with Gasteiger partial charge in [0.05, 0.1) is 11.1 Å². The highest BCUT2D eigenvalue weighted by molar-refractivity contribution is 7.99. The summed E-state index contributed by atoms with van der Waals surface area (Å²) in [4.78, 5) is 43.8. The van der Waals surface area contributed by atoms with Crippen LogP contribution in [-0.4, -0.2) is 40.2 Å². The van der Waals surface area contributed by atoms with E-state index >= 15 is 0 Å². The first-order valence-electron chi connectivity index (χ1n) is 10.4. The van der Waals surface area contributed by atoms with E-state index < -0.39 is 0 Å². The molecule has 0 aliphatic carbocycles. The Labute approximate surface area is 195 Å². The maximum atomic E-state index is 13.2. The Bertz CT molecular complexity index is 1200. The van der Waals surface area contributed by atoms with Crippen LogP contribution in [0.3, 0.4) is 0 Å². The predicted molar refractivity (Wildman–Crippen MR) is 130 cm³/mol. The maximum Gasteiger partial charge on any atom is 0.263 e. The van der Waals surface area contributed by atoms with E-state index in [0.717, 1.165) is 10.4 Å². The van der Waals surface area contributed by atoms with Crippen LogP contribution in [-0.2, 0) is 16.1 Å². The van der Waals surface area contributed by atoms with E-state index in [9.17, 15) is 14.4 Å². The van der Waals surface area contributed by atoms with Crippen LogP contribution in [0.15, 0.2) is 34.2 Å². The summed E-state index contributed by atoms with van der Waals surface area (Å²) in [6.07, 6.45) is 0.681. The number of aromatic nitrogens is 2. The Morgan fingerprint density at radius 3 is 2.78 bits per heavy atom. The van der Waals surface area contributed by atoms with Gasteiger partial charge in [0.15, 0.2) is 10.9 Å². The molecule has 3 rings (SSSR count). The van der Waals surface area contributed by atoms with Gasteiger partial charge in [-0.1, -0.05) is 23.9 Å². The summed E-state index contributed by atoms with van der Waals surface area (Å²) in [7, 11) is 0. The molecule has 0 spiro atoms. The number of benzene rings is 1. The summed E-state index contributed by atoms with van der Waals surface area (Å²) in [6.45, 7) is 9.00. The molecule has 32 heavy (non-hydrogen) atoms. The van der Waals surface area contributed by atoms with Crippen molar-refractivity contribution in [1.29, 1.82) is 0 Å². The van der Waals surface area contributed by atoms with E-state index in [2.05, 4.69) is 5.32 Å². The van der Waals surface area contributed by atoms with Crippen LogP contribution in [0, 0.1) is 13.8 Å². The topological polar surface area (TPSA) is 90.3 Å². The van der Waals surface area contributed by atoms with Gasteiger partial charge in [0.1, 0.15) is 4.83 Å². The molecular weight excluding hydrogens is 446 g/mol. The third-order valence-electron chi connectivity index (χ3n) is 5.01. The molecule has 0 radical (unpaired) electrons. The number of hydrogen-bond acceptors (Lipinski definition) is 7. The fourth-order valence-electron chi connectivity index (χ4n) is 3.23. The molecule has 9 heteroatoms. The van der Waals surface area contributed by atoms with E-state index in [4.69, 9.17) is 9.72 Å². The van der Waals surface area contributed by atoms with Gasteiger partial charge in [-0.25, -0.2) is 4.98 Å². The van der Waals surface area contributed by atoms with Crippen molar-refractivity contribution in [2.45, 2.75) is 45.8 Å². The smallest absolute Gasteiger partial charge is 0.263 e. The molecule has 1 amide bonds. The Kier molecular flexibility index (Phi) is 8.22. The van der Waals surface area contributed by atoms with Gasteiger partial charge in [-0.15, -0.1) is 11.3 Å². The van der Waals surface area contributed by atoms with Crippen LogP contribution in [0.2, 0.25) is 0 Å². The highest BCUT2D eigenvalue weighted by Crippen LogP contribution is 2.28. The van der Waals surface area contributed by atoms with Crippen LogP contribution < -0.4 is 10.9 Å². The second-order valence-corrected chi connectivity index (χ2v) is 9.48. The van der Waals surface area contributed by atoms with Crippen molar-refractivity contribution in [1.82, 2.24) is 9.55 Å². The van der Waals surface area contributed by atoms with Gasteiger partial charge in [-0.3, -0.25) is 19.0 Å². The number of thioether (sulfide) groups is 1. The number of amides is 1. The zero-order chi connectivity index (χ0) is 23.3. The average molecular weight is 474 g/mol. The molecule has 7 nitrogen and oxygen atoms in total. The van der Waals surface area contributed by atoms with Crippen molar-refractivity contribution >= 4 is 50.7 Å². The van der Waals surface area contributed by atoms with Gasteiger partial charge < -0.3 is 10.1 Å². The molecule has 170 valence electrons. The summed E-state index contributed by atoms with van der Waals surface area (Å²) in [5.74, 6) is -0.202. The number of aryl methyl sites for hydroxylation is 2. The van der Waals surface area contributed by atoms with Crippen LogP contribution in [0.4, 0.5) is 5.69 Å². The summed E-state index contributed by atoms with van der Waals surface area (Å²) in [5.41, 5.74) is 1.98. The lowest BCUT2D eigenvalue weighted by Crippen LogP contribution is -2.25. The average Bonchev–Trinajstić information content (AvgIpc) is 3.04. The molecule has 0 saturated carbocycles. The second-order valence-electron chi connectivity index (χ2n) is 7.34. The molecule has 0 aliphatic heterocycles. The number of anilines is 1. The number of Topliss-reactive ketones (excluding diaryl/α,β-unsaturated/α-hetero) is 1. The fourth-order valence-corrected chi connectivity index (χ4v) is 5.12. The highest BCUT2D eigenvalue weighted by atomic mass is 32.2. The van der Waals surface area contributed by atoms with Crippen molar-refractivity contribution < 1.29 is 14.3 Å². The first-order valence-corrected chi connectivity index (χ1v) is 12.2. The molecule has 0 saturated heterocycles. The van der Waals surface area contributed by atoms with Gasteiger partial charge in [0.2, 0.25) is 5.91 Å². The van der Waals surface area contributed by atoms with Crippen LogP contribution in [0.5, 0.6) is 0 Å². The van der Waals surface area contributed by atoms with Crippen molar-refractivity contribution in [3.05, 3.63) is 50.6 Å². The number of nitrogens with one attached hydrogen (secondary N) is 1. The number of rotatable bonds is 10. The van der Waals surface area contributed by atoms with Crippen molar-refractivity contribution in [2.75, 3.05) is 24.3 Å². The van der Waals surface area contributed by atoms with Crippen LogP contribution in [0.25, 0.3) is 10.2 Å². The van der Waals surface area contributed by atoms with Crippen molar-refractivity contribution in [2.24, 2.45) is 0 Å². The lowest BCUT2D eigenvalue weighted by Gasteiger charge is -2.12. The number of nitrogens with zero attached hydrogens (tertiary/aromatic N) is 2. The molecule has 0 unspecified atom stereocenters. The number of ether oxygens (including phenoxy) is 1. The van der Waals surface area contributed by atoms with Crippen molar-refractivity contribution in [3.8, 4) is 0 Å². The molecule has 3 aromatic rings. The quantitative estimate of drug-likeness (QED) is 0.203. The molecule has 0 aliphatic rings. The minimum absolute atomic E-state index is 0.0643. The van der Waals surface area contributed by atoms with Gasteiger partial charge in [0, 0.05) is 35.9 Å². The summed E-state index contributed by atoms with van der Waals surface area (Å²) < 4.78 is 7.06. The van der Waals surface area contributed by atoms with E-state index in [1.165, 1.54) is 30.0 Å². The molecule has 0 fully saturated rings. The van der Waals surface area contributed by atoms with Gasteiger partial charge >= 0.3 is 0 Å². The first-order chi connectivity index (χ1) is 15.3. The van der Waals surface area contributed by atoms with Crippen LogP contribution >= 0.6 is 23.1 Å². The molecule has 0 bridgehead atoms. The van der Waals surface area contributed by atoms with Crippen molar-refractivity contribution in [3.63, 3.8) is 0 Å². The van der Waals surface area contributed by atoms with Gasteiger partial charge in [0.25, 0.3) is 5.56 Å². The highest BCUT2D eigenvalue weighted by Gasteiger charge is 2.18. The summed E-state index contributed by atoms with van der Waals surface area (Å²) >= 11 is 2.73. The summed E-state index contributed by atoms with van der Waals surface area (Å²) in [5, 5.41) is 3.98. The third kappa shape index (κ3) is 5.65. The standard InChI is InChI=1S/C23H27N3O4S2/c1-5-30-11-7-10-26-22(29)20-14(2)16(4)32-21(20)25-23(26)31-13-19(28)24-18-9-6-8-17(12-18)15(3)27/h6,8-9,12H,5,7,10-11,13H2,1-4H3,(H,24,28). The number of carbonyl (C=O) groups excluding carboxylic acids is 2. The lowest BCUT2D eigenvalue weighted by atomic mass is 10.1. The monoisotopic (exact) mass is 473 g/mol. The number of fused-ring (bicyclic) bond motifs is 1. The molecule has 2 aromatic heterocycles. The molecule has 1 N–H and O–H groups in total. The van der Waals surface area contributed by atoms with Gasteiger partial charge in [-0.2, -0.15) is 0 Å². The number of hydrogen-bond donors (Lipinski definition) is 1. The second kappa shape index (κ2) is 10.9. The normalized spacial score (nSPS) is 11.1. The Hall–Kier alpha value is -2.49. The van der Waals surface area contributed by atoms with E-state index in [1.807, 2.05) is 20.8 Å². The molecular formula is C23H27N3O4S2.